The smallest absolute Gasteiger partial charge is 0.196 e. The van der Waals surface area contributed by atoms with Crippen LogP contribution in [0.15, 0.2) is 28.7 Å². The molecule has 1 heterocycles. The fourth-order valence-electron chi connectivity index (χ4n) is 2.00. The molecule has 0 unspecified atom stereocenters. The largest absolute Gasteiger partial charge is 0.466 e. The van der Waals surface area contributed by atoms with Gasteiger partial charge in [-0.2, -0.15) is 0 Å². The molecule has 2 nitrogen and oxygen atoms in total. The van der Waals surface area contributed by atoms with Gasteiger partial charge in [0, 0.05) is 5.56 Å². The van der Waals surface area contributed by atoms with E-state index in [0.29, 0.717) is 11.3 Å². The molecule has 0 aliphatic rings. The summed E-state index contributed by atoms with van der Waals surface area (Å²) in [6, 6.07) is 7.60. The first-order valence-corrected chi connectivity index (χ1v) is 5.68. The van der Waals surface area contributed by atoms with Crippen molar-refractivity contribution in [2.24, 2.45) is 0 Å². The van der Waals surface area contributed by atoms with E-state index in [0.717, 1.165) is 22.5 Å². The van der Waals surface area contributed by atoms with E-state index in [9.17, 15) is 4.79 Å². The van der Waals surface area contributed by atoms with Crippen LogP contribution >= 0.6 is 0 Å². The summed E-state index contributed by atoms with van der Waals surface area (Å²) in [5, 5.41) is 0. The lowest BCUT2D eigenvalue weighted by Gasteiger charge is -2.06. The van der Waals surface area contributed by atoms with Crippen molar-refractivity contribution in [2.75, 3.05) is 0 Å². The first kappa shape index (κ1) is 11.6. The van der Waals surface area contributed by atoms with Crippen LogP contribution in [-0.2, 0) is 0 Å². The molecule has 0 aliphatic heterocycles. The van der Waals surface area contributed by atoms with Crippen LogP contribution in [0.2, 0.25) is 0 Å². The Labute approximate surface area is 101 Å². The highest BCUT2D eigenvalue weighted by Crippen LogP contribution is 2.21. The van der Waals surface area contributed by atoms with Crippen molar-refractivity contribution in [3.8, 4) is 0 Å². The number of benzene rings is 1. The van der Waals surface area contributed by atoms with Gasteiger partial charge in [0.25, 0.3) is 0 Å². The Morgan fingerprint density at radius 2 is 1.76 bits per heavy atom. The summed E-state index contributed by atoms with van der Waals surface area (Å²) in [6.45, 7) is 7.67. The van der Waals surface area contributed by atoms with Crippen LogP contribution in [-0.4, -0.2) is 5.78 Å². The fraction of sp³-hybridized carbons (Fsp3) is 0.267. The van der Waals surface area contributed by atoms with Crippen LogP contribution in [0, 0.1) is 27.7 Å². The maximum absolute atomic E-state index is 12.4. The minimum absolute atomic E-state index is 0.0422. The van der Waals surface area contributed by atoms with E-state index in [2.05, 4.69) is 0 Å². The molecule has 0 N–H and O–H groups in total. The third-order valence-electron chi connectivity index (χ3n) is 3.13. The van der Waals surface area contributed by atoms with Crippen molar-refractivity contribution in [2.45, 2.75) is 27.7 Å². The lowest BCUT2D eigenvalue weighted by molar-refractivity contribution is 0.103. The second-order valence-corrected chi connectivity index (χ2v) is 4.40. The Kier molecular flexibility index (Phi) is 2.88. The third-order valence-corrected chi connectivity index (χ3v) is 3.13. The molecule has 0 bridgehead atoms. The van der Waals surface area contributed by atoms with Gasteiger partial charge in [-0.05, 0) is 44.9 Å². The molecule has 17 heavy (non-hydrogen) atoms. The second-order valence-electron chi connectivity index (χ2n) is 4.40. The fourth-order valence-corrected chi connectivity index (χ4v) is 2.00. The van der Waals surface area contributed by atoms with Gasteiger partial charge in [-0.15, -0.1) is 0 Å². The normalized spacial score (nSPS) is 10.6. The number of furan rings is 1. The van der Waals surface area contributed by atoms with Gasteiger partial charge < -0.3 is 4.42 Å². The quantitative estimate of drug-likeness (QED) is 0.733. The Morgan fingerprint density at radius 3 is 2.35 bits per heavy atom. The number of aryl methyl sites for hydroxylation is 3. The van der Waals surface area contributed by atoms with E-state index in [4.69, 9.17) is 4.42 Å². The van der Waals surface area contributed by atoms with Crippen LogP contribution in [0.3, 0.4) is 0 Å². The van der Waals surface area contributed by atoms with Crippen molar-refractivity contribution >= 4 is 5.78 Å². The van der Waals surface area contributed by atoms with Gasteiger partial charge in [0.15, 0.2) is 5.78 Å². The number of ketones is 1. The molecular formula is C15H16O2. The van der Waals surface area contributed by atoms with Crippen molar-refractivity contribution in [3.63, 3.8) is 0 Å². The van der Waals surface area contributed by atoms with Gasteiger partial charge >= 0.3 is 0 Å². The summed E-state index contributed by atoms with van der Waals surface area (Å²) in [6.07, 6.45) is 0. The zero-order valence-corrected chi connectivity index (χ0v) is 10.6. The highest BCUT2D eigenvalue weighted by molar-refractivity contribution is 6.10. The summed E-state index contributed by atoms with van der Waals surface area (Å²) in [5.74, 6) is 1.50. The molecule has 0 fully saturated rings. The Bertz CT molecular complexity index is 577. The lowest BCUT2D eigenvalue weighted by atomic mass is 9.96. The lowest BCUT2D eigenvalue weighted by Crippen LogP contribution is -2.04. The predicted molar refractivity (Wildman–Crippen MR) is 67.5 cm³/mol. The molecule has 0 radical (unpaired) electrons. The third kappa shape index (κ3) is 2.03. The van der Waals surface area contributed by atoms with Crippen LogP contribution in [0.25, 0.3) is 0 Å². The number of carbonyl (C=O) groups excluding carboxylic acids is 1. The molecule has 1 aromatic heterocycles. The van der Waals surface area contributed by atoms with E-state index < -0.39 is 0 Å². The number of hydrogen-bond donors (Lipinski definition) is 0. The van der Waals surface area contributed by atoms with Crippen molar-refractivity contribution in [1.82, 2.24) is 0 Å². The summed E-state index contributed by atoms with van der Waals surface area (Å²) >= 11 is 0. The number of rotatable bonds is 2. The summed E-state index contributed by atoms with van der Waals surface area (Å²) in [7, 11) is 0. The van der Waals surface area contributed by atoms with Gasteiger partial charge in [0.05, 0.1) is 5.56 Å². The maximum atomic E-state index is 12.4. The molecule has 0 saturated heterocycles. The number of carbonyl (C=O) groups is 1. The average molecular weight is 228 g/mol. The Morgan fingerprint density at radius 1 is 1.06 bits per heavy atom. The molecule has 0 amide bonds. The van der Waals surface area contributed by atoms with Gasteiger partial charge in [0.1, 0.15) is 11.5 Å². The molecule has 0 spiro atoms. The van der Waals surface area contributed by atoms with Crippen molar-refractivity contribution in [1.29, 1.82) is 0 Å². The first-order valence-electron chi connectivity index (χ1n) is 5.68. The van der Waals surface area contributed by atoms with Gasteiger partial charge in [0.2, 0.25) is 0 Å². The van der Waals surface area contributed by atoms with Crippen molar-refractivity contribution < 1.29 is 9.21 Å². The van der Waals surface area contributed by atoms with Gasteiger partial charge in [-0.1, -0.05) is 18.2 Å². The van der Waals surface area contributed by atoms with Gasteiger partial charge in [-0.3, -0.25) is 4.79 Å². The highest BCUT2D eigenvalue weighted by Gasteiger charge is 2.17. The molecule has 0 saturated carbocycles. The zero-order valence-electron chi connectivity index (χ0n) is 10.6. The van der Waals surface area contributed by atoms with Crippen LogP contribution in [0.5, 0.6) is 0 Å². The molecule has 0 atom stereocenters. The zero-order chi connectivity index (χ0) is 12.6. The van der Waals surface area contributed by atoms with Gasteiger partial charge in [-0.25, -0.2) is 0 Å². The Balaban J connectivity index is 2.51. The number of hydrogen-bond acceptors (Lipinski definition) is 2. The van der Waals surface area contributed by atoms with E-state index >= 15 is 0 Å². The molecule has 0 aliphatic carbocycles. The van der Waals surface area contributed by atoms with E-state index in [1.54, 1.807) is 6.07 Å². The molecule has 88 valence electrons. The van der Waals surface area contributed by atoms with Crippen LogP contribution in [0.1, 0.15) is 38.6 Å². The first-order chi connectivity index (χ1) is 8.00. The maximum Gasteiger partial charge on any atom is 0.196 e. The molecule has 1 aromatic carbocycles. The molecule has 2 heteroatoms. The molecule has 2 rings (SSSR count). The summed E-state index contributed by atoms with van der Waals surface area (Å²) in [4.78, 5) is 12.4. The molecule has 2 aromatic rings. The standard InChI is InChI=1S/C15H16O2/c1-9-6-5-7-13(11(9)3)15(16)14-8-10(2)17-12(14)4/h5-8H,1-4H3. The van der Waals surface area contributed by atoms with E-state index in [1.165, 1.54) is 0 Å². The monoisotopic (exact) mass is 228 g/mol. The minimum Gasteiger partial charge on any atom is -0.466 e. The molecular weight excluding hydrogens is 212 g/mol. The predicted octanol–water partition coefficient (Wildman–Crippen LogP) is 3.74. The summed E-state index contributed by atoms with van der Waals surface area (Å²) in [5.41, 5.74) is 3.59. The van der Waals surface area contributed by atoms with E-state index in [1.807, 2.05) is 45.9 Å². The minimum atomic E-state index is 0.0422. The second kappa shape index (κ2) is 4.21. The van der Waals surface area contributed by atoms with Crippen LogP contribution < -0.4 is 0 Å². The SMILES string of the molecule is Cc1cc(C(=O)c2cccc(C)c2C)c(C)o1. The average Bonchev–Trinajstić information content (AvgIpc) is 2.61. The topological polar surface area (TPSA) is 30.2 Å². The van der Waals surface area contributed by atoms with Crippen molar-refractivity contribution in [3.05, 3.63) is 58.0 Å². The summed E-state index contributed by atoms with van der Waals surface area (Å²) < 4.78 is 5.41. The van der Waals surface area contributed by atoms with Crippen LogP contribution in [0.4, 0.5) is 0 Å². The Hall–Kier alpha value is -1.83. The van der Waals surface area contributed by atoms with E-state index in [-0.39, 0.29) is 5.78 Å². The highest BCUT2D eigenvalue weighted by atomic mass is 16.3.